The second-order valence-corrected chi connectivity index (χ2v) is 8.33. The van der Waals surface area contributed by atoms with Crippen LogP contribution in [0.15, 0.2) is 36.3 Å². The Morgan fingerprint density at radius 2 is 1.83 bits per heavy atom. The minimum Gasteiger partial charge on any atom is -0.365 e. The summed E-state index contributed by atoms with van der Waals surface area (Å²) in [7, 11) is 2.07. The van der Waals surface area contributed by atoms with Gasteiger partial charge in [0.1, 0.15) is 17.1 Å². The van der Waals surface area contributed by atoms with Gasteiger partial charge in [-0.15, -0.1) is 0 Å². The van der Waals surface area contributed by atoms with Crippen molar-refractivity contribution in [2.24, 2.45) is 5.73 Å². The van der Waals surface area contributed by atoms with Crippen molar-refractivity contribution < 1.29 is 22.8 Å². The number of rotatable bonds is 6. The van der Waals surface area contributed by atoms with Crippen LogP contribution in [0.5, 0.6) is 0 Å². The second kappa shape index (κ2) is 9.88. The summed E-state index contributed by atoms with van der Waals surface area (Å²) in [6.07, 6.45) is -3.45. The number of carbonyl (C=O) groups excluding carboxylic acids is 2. The summed E-state index contributed by atoms with van der Waals surface area (Å²) < 4.78 is 39.2. The average Bonchev–Trinajstić information content (AvgIpc) is 3.21. The summed E-state index contributed by atoms with van der Waals surface area (Å²) in [5.74, 6) is -1.57. The van der Waals surface area contributed by atoms with Crippen molar-refractivity contribution in [1.82, 2.24) is 19.8 Å². The molecule has 186 valence electrons. The van der Waals surface area contributed by atoms with Crippen molar-refractivity contribution in [1.29, 1.82) is 0 Å². The number of piperazine rings is 1. The van der Waals surface area contributed by atoms with Gasteiger partial charge in [0, 0.05) is 51.0 Å². The third-order valence-electron chi connectivity index (χ3n) is 5.74. The molecule has 0 radical (unpaired) electrons. The summed E-state index contributed by atoms with van der Waals surface area (Å²) in [6, 6.07) is 5.69. The first-order chi connectivity index (χ1) is 16.6. The molecule has 0 aliphatic carbocycles. The Kier molecular flexibility index (Phi) is 6.89. The largest absolute Gasteiger partial charge is 0.433 e. The van der Waals surface area contributed by atoms with Crippen molar-refractivity contribution >= 4 is 34.4 Å². The van der Waals surface area contributed by atoms with Crippen LogP contribution in [-0.4, -0.2) is 71.4 Å². The lowest BCUT2D eigenvalue weighted by Gasteiger charge is -2.32. The maximum atomic E-state index is 13.1. The van der Waals surface area contributed by atoms with Crippen LogP contribution in [0, 0.1) is 0 Å². The Morgan fingerprint density at radius 1 is 1.11 bits per heavy atom. The standard InChI is InChI=1S/C22H25F3N8O2/c1-32-8-10-33(11-9-32)7-5-17(34)28-13-2-3-14-15(12-13)30-21(29-14)18(19(26)35)20-27-6-4-16(31-20)22(23,24)25/h2-4,6,12,29-30H,5,7-11H2,1H3,(H2,26,35)(H,28,34). The third-order valence-corrected chi connectivity index (χ3v) is 5.74. The number of hydrogen-bond acceptors (Lipinski definition) is 8. The van der Waals surface area contributed by atoms with Gasteiger partial charge in [-0.2, -0.15) is 13.2 Å². The number of nitrogens with two attached hydrogens (primary N) is 1. The molecule has 0 bridgehead atoms. The van der Waals surface area contributed by atoms with Gasteiger partial charge in [-0.1, -0.05) is 0 Å². The van der Waals surface area contributed by atoms with Crippen LogP contribution in [0.1, 0.15) is 17.9 Å². The second-order valence-electron chi connectivity index (χ2n) is 8.33. The van der Waals surface area contributed by atoms with E-state index in [1.165, 1.54) is 0 Å². The number of benzene rings is 1. The average molecular weight is 490 g/mol. The number of aromatic nitrogens is 2. The number of anilines is 3. The van der Waals surface area contributed by atoms with Gasteiger partial charge in [-0.05, 0) is 31.3 Å². The van der Waals surface area contributed by atoms with Gasteiger partial charge in [0.2, 0.25) is 5.91 Å². The van der Waals surface area contributed by atoms with E-state index in [1.807, 2.05) is 0 Å². The molecule has 1 saturated heterocycles. The van der Waals surface area contributed by atoms with E-state index in [0.29, 0.717) is 36.1 Å². The lowest BCUT2D eigenvalue weighted by atomic mass is 10.2. The Balaban J connectivity index is 1.46. The van der Waals surface area contributed by atoms with Gasteiger partial charge in [-0.3, -0.25) is 9.59 Å². The topological polar surface area (TPSA) is 129 Å². The highest BCUT2D eigenvalue weighted by Crippen LogP contribution is 2.36. The molecule has 0 spiro atoms. The summed E-state index contributed by atoms with van der Waals surface area (Å²) >= 11 is 0. The molecule has 0 saturated carbocycles. The smallest absolute Gasteiger partial charge is 0.365 e. The third kappa shape index (κ3) is 5.87. The zero-order valence-electron chi connectivity index (χ0n) is 18.9. The van der Waals surface area contributed by atoms with Crippen molar-refractivity contribution in [3.8, 4) is 0 Å². The van der Waals surface area contributed by atoms with E-state index >= 15 is 0 Å². The number of amides is 2. The number of likely N-dealkylation sites (N-methyl/N-ethyl adjacent to an activating group) is 1. The van der Waals surface area contributed by atoms with Crippen molar-refractivity contribution in [3.63, 3.8) is 0 Å². The Labute approximate surface area is 199 Å². The number of fused-ring (bicyclic) bond motifs is 1. The first-order valence-corrected chi connectivity index (χ1v) is 10.9. The zero-order chi connectivity index (χ0) is 25.2. The molecule has 2 amide bonds. The van der Waals surface area contributed by atoms with Crippen molar-refractivity contribution in [2.45, 2.75) is 12.6 Å². The van der Waals surface area contributed by atoms with Crippen LogP contribution in [-0.2, 0) is 15.8 Å². The molecule has 2 aliphatic heterocycles. The molecule has 1 fully saturated rings. The number of nitrogens with zero attached hydrogens (tertiary/aromatic N) is 4. The number of alkyl halides is 3. The van der Waals surface area contributed by atoms with Crippen molar-refractivity contribution in [2.75, 3.05) is 55.7 Å². The minimum atomic E-state index is -4.71. The molecule has 1 aromatic heterocycles. The number of nitrogens with one attached hydrogen (secondary N) is 3. The molecule has 2 aromatic rings. The van der Waals surface area contributed by atoms with Gasteiger partial charge in [-0.25, -0.2) is 9.97 Å². The Bertz CT molecular complexity index is 1160. The summed E-state index contributed by atoms with van der Waals surface area (Å²) in [5.41, 5.74) is 5.49. The van der Waals surface area contributed by atoms with E-state index in [9.17, 15) is 22.8 Å². The van der Waals surface area contributed by atoms with E-state index in [-0.39, 0.29) is 17.3 Å². The zero-order valence-corrected chi connectivity index (χ0v) is 18.9. The highest BCUT2D eigenvalue weighted by Gasteiger charge is 2.34. The monoisotopic (exact) mass is 490 g/mol. The van der Waals surface area contributed by atoms with Crippen LogP contribution in [0.2, 0.25) is 0 Å². The van der Waals surface area contributed by atoms with E-state index in [1.54, 1.807) is 18.2 Å². The quantitative estimate of drug-likeness (QED) is 0.451. The highest BCUT2D eigenvalue weighted by atomic mass is 19.4. The van der Waals surface area contributed by atoms with E-state index in [2.05, 4.69) is 42.8 Å². The van der Waals surface area contributed by atoms with Crippen molar-refractivity contribution in [3.05, 3.63) is 47.8 Å². The van der Waals surface area contributed by atoms with Gasteiger partial charge in [0.25, 0.3) is 5.91 Å². The molecular formula is C22H25F3N8O2. The minimum absolute atomic E-state index is 0.0466. The predicted molar refractivity (Wildman–Crippen MR) is 124 cm³/mol. The van der Waals surface area contributed by atoms with E-state index < -0.39 is 23.6 Å². The molecule has 10 nitrogen and oxygen atoms in total. The fourth-order valence-corrected chi connectivity index (χ4v) is 3.80. The molecule has 0 unspecified atom stereocenters. The van der Waals surface area contributed by atoms with Crippen LogP contribution in [0.25, 0.3) is 5.57 Å². The van der Waals surface area contributed by atoms with Crippen LogP contribution in [0.4, 0.5) is 30.2 Å². The maximum absolute atomic E-state index is 13.1. The van der Waals surface area contributed by atoms with Crippen LogP contribution < -0.4 is 21.7 Å². The number of halogens is 3. The van der Waals surface area contributed by atoms with E-state index in [4.69, 9.17) is 5.73 Å². The molecule has 5 N–H and O–H groups in total. The molecule has 4 rings (SSSR count). The summed E-state index contributed by atoms with van der Waals surface area (Å²) in [4.78, 5) is 36.2. The van der Waals surface area contributed by atoms with Gasteiger partial charge >= 0.3 is 6.18 Å². The summed E-state index contributed by atoms with van der Waals surface area (Å²) in [6.45, 7) is 4.45. The predicted octanol–water partition coefficient (Wildman–Crippen LogP) is 1.76. The summed E-state index contributed by atoms with van der Waals surface area (Å²) in [5, 5.41) is 8.67. The normalized spacial score (nSPS) is 17.8. The van der Waals surface area contributed by atoms with Crippen LogP contribution in [0.3, 0.4) is 0 Å². The SMILES string of the molecule is CN1CCN(CCC(=O)Nc2ccc3c(c2)NC(=C(C(N)=O)c2nccc(C(F)(F)F)n2)N3)CC1. The molecule has 13 heteroatoms. The fraction of sp³-hybridized carbons (Fsp3) is 0.364. The van der Waals surface area contributed by atoms with E-state index in [0.717, 1.165) is 32.4 Å². The molecular weight excluding hydrogens is 465 g/mol. The highest BCUT2D eigenvalue weighted by molar-refractivity contribution is 6.20. The van der Waals surface area contributed by atoms with Gasteiger partial charge in [0.05, 0.1) is 11.4 Å². The fourth-order valence-electron chi connectivity index (χ4n) is 3.80. The Morgan fingerprint density at radius 3 is 2.51 bits per heavy atom. The Hall–Kier alpha value is -3.71. The van der Waals surface area contributed by atoms with Gasteiger partial charge in [0.15, 0.2) is 5.82 Å². The lowest BCUT2D eigenvalue weighted by Crippen LogP contribution is -2.45. The first-order valence-electron chi connectivity index (χ1n) is 10.9. The van der Waals surface area contributed by atoms with Crippen LogP contribution >= 0.6 is 0 Å². The number of primary amides is 1. The molecule has 35 heavy (non-hydrogen) atoms. The first kappa shape index (κ1) is 24.4. The molecule has 0 atom stereocenters. The maximum Gasteiger partial charge on any atom is 0.433 e. The number of hydrogen-bond donors (Lipinski definition) is 4. The molecule has 1 aromatic carbocycles. The molecule has 2 aliphatic rings. The molecule has 3 heterocycles. The van der Waals surface area contributed by atoms with Gasteiger partial charge < -0.3 is 31.5 Å². The number of carbonyl (C=O) groups is 2. The lowest BCUT2D eigenvalue weighted by molar-refractivity contribution is -0.141.